The van der Waals surface area contributed by atoms with E-state index in [1.165, 1.54) is 10.4 Å². The van der Waals surface area contributed by atoms with E-state index in [1.807, 2.05) is 41.3 Å². The van der Waals surface area contributed by atoms with Crippen molar-refractivity contribution in [2.45, 2.75) is 12.6 Å². The summed E-state index contributed by atoms with van der Waals surface area (Å²) >= 11 is 0. The van der Waals surface area contributed by atoms with E-state index in [9.17, 15) is 4.79 Å². The predicted molar refractivity (Wildman–Crippen MR) is 117 cm³/mol. The van der Waals surface area contributed by atoms with Gasteiger partial charge in [-0.05, 0) is 42.8 Å². The van der Waals surface area contributed by atoms with Crippen molar-refractivity contribution in [3.05, 3.63) is 54.1 Å². The lowest BCUT2D eigenvalue weighted by Gasteiger charge is -2.27. The number of fused-ring (bicyclic) bond motifs is 2. The number of nitrogens with zero attached hydrogens (tertiary/aromatic N) is 5. The van der Waals surface area contributed by atoms with Gasteiger partial charge >= 0.3 is 0 Å². The fraction of sp³-hybridized carbons (Fsp3) is 0.409. The van der Waals surface area contributed by atoms with Gasteiger partial charge in [0, 0.05) is 31.6 Å². The Morgan fingerprint density at radius 1 is 1.03 bits per heavy atom. The van der Waals surface area contributed by atoms with Crippen LogP contribution < -0.4 is 4.74 Å². The summed E-state index contributed by atoms with van der Waals surface area (Å²) in [6.07, 6.45) is 0. The van der Waals surface area contributed by atoms with E-state index >= 15 is 0 Å². The van der Waals surface area contributed by atoms with E-state index in [1.54, 1.807) is 7.11 Å². The van der Waals surface area contributed by atoms with Crippen LogP contribution in [0.5, 0.6) is 5.75 Å². The molecule has 30 heavy (non-hydrogen) atoms. The molecule has 8 heteroatoms. The number of likely N-dealkylation sites (tertiary alicyclic amines) is 2. The van der Waals surface area contributed by atoms with Gasteiger partial charge in [0.05, 0.1) is 7.11 Å². The molecule has 0 spiro atoms. The fourth-order valence-corrected chi connectivity index (χ4v) is 4.96. The van der Waals surface area contributed by atoms with Crippen LogP contribution in [0.25, 0.3) is 11.0 Å². The van der Waals surface area contributed by atoms with Gasteiger partial charge in [-0.25, -0.2) is 0 Å². The van der Waals surface area contributed by atoms with E-state index in [2.05, 4.69) is 34.3 Å². The third-order valence-corrected chi connectivity index (χ3v) is 6.31. The molecule has 2 aliphatic heterocycles. The predicted octanol–water partition coefficient (Wildman–Crippen LogP) is 2.62. The Hall–Kier alpha value is -2.64. The van der Waals surface area contributed by atoms with Crippen LogP contribution >= 0.6 is 12.4 Å². The molecule has 0 radical (unpaired) electrons. The highest BCUT2D eigenvalue weighted by atomic mass is 35.5. The first-order valence-electron chi connectivity index (χ1n) is 10.0. The van der Waals surface area contributed by atoms with Gasteiger partial charge in [0.2, 0.25) is 5.91 Å². The van der Waals surface area contributed by atoms with Crippen LogP contribution in [0.1, 0.15) is 11.6 Å². The Kier molecular flexibility index (Phi) is 5.66. The normalized spacial score (nSPS) is 23.4. The highest BCUT2D eigenvalue weighted by molar-refractivity contribution is 5.85. The molecule has 3 aromatic rings. The minimum atomic E-state index is 0. The topological polar surface area (TPSA) is 63.5 Å². The molecule has 7 nitrogen and oxygen atoms in total. The summed E-state index contributed by atoms with van der Waals surface area (Å²) < 4.78 is 5.29. The number of hydrogen-bond donors (Lipinski definition) is 0. The van der Waals surface area contributed by atoms with Gasteiger partial charge in [-0.2, -0.15) is 15.0 Å². The average Bonchev–Trinajstić information content (AvgIpc) is 3.39. The number of hydrogen-bond acceptors (Lipinski definition) is 5. The maximum atomic E-state index is 12.9. The molecule has 1 aromatic heterocycles. The highest BCUT2D eigenvalue weighted by Gasteiger charge is 2.47. The molecule has 0 unspecified atom stereocenters. The van der Waals surface area contributed by atoms with E-state index < -0.39 is 0 Å². The van der Waals surface area contributed by atoms with Crippen LogP contribution in [-0.4, -0.2) is 64.5 Å². The summed E-state index contributed by atoms with van der Waals surface area (Å²) in [5.41, 5.74) is 2.93. The Morgan fingerprint density at radius 3 is 2.33 bits per heavy atom. The Balaban J connectivity index is 0.00000218. The van der Waals surface area contributed by atoms with Gasteiger partial charge < -0.3 is 9.64 Å². The molecule has 0 saturated carbocycles. The van der Waals surface area contributed by atoms with Gasteiger partial charge in [0.1, 0.15) is 23.3 Å². The number of carbonyl (C=O) groups excluding carboxylic acids is 1. The standard InChI is InChI=1S/C22H25N5O2.ClH/c1-25-11-16-12-26(13-18(16)22(25)15-7-9-17(29-2)10-8-15)21(28)14-27-23-19-5-3-4-6-20(19)24-27;/h3-10,16,18,22H,11-14H2,1-2H3;1H/t16-,18+,22-;/m0./s1. The second-order valence-corrected chi connectivity index (χ2v) is 8.10. The first kappa shape index (κ1) is 20.6. The lowest BCUT2D eigenvalue weighted by Crippen LogP contribution is -2.35. The maximum absolute atomic E-state index is 12.9. The molecule has 2 aromatic carbocycles. The van der Waals surface area contributed by atoms with Gasteiger partial charge in [-0.3, -0.25) is 9.69 Å². The molecule has 3 heterocycles. The summed E-state index contributed by atoms with van der Waals surface area (Å²) in [5.74, 6) is 1.91. The van der Waals surface area contributed by atoms with Crippen LogP contribution in [-0.2, 0) is 11.3 Å². The Labute approximate surface area is 182 Å². The summed E-state index contributed by atoms with van der Waals surface area (Å²) in [6, 6.07) is 16.3. The van der Waals surface area contributed by atoms with Crippen LogP contribution in [0.4, 0.5) is 0 Å². The molecule has 1 amide bonds. The van der Waals surface area contributed by atoms with Gasteiger partial charge in [-0.15, -0.1) is 12.4 Å². The minimum Gasteiger partial charge on any atom is -0.497 e. The van der Waals surface area contributed by atoms with Crippen molar-refractivity contribution in [3.63, 3.8) is 0 Å². The lowest BCUT2D eigenvalue weighted by molar-refractivity contribution is -0.131. The van der Waals surface area contributed by atoms with E-state index in [4.69, 9.17) is 4.74 Å². The third-order valence-electron chi connectivity index (χ3n) is 6.31. The quantitative estimate of drug-likeness (QED) is 0.640. The number of aromatic nitrogens is 3. The number of amides is 1. The van der Waals surface area contributed by atoms with Crippen molar-refractivity contribution in [1.29, 1.82) is 0 Å². The van der Waals surface area contributed by atoms with Crippen molar-refractivity contribution in [3.8, 4) is 5.75 Å². The summed E-state index contributed by atoms with van der Waals surface area (Å²) in [6.45, 7) is 2.79. The SMILES string of the molecule is COc1ccc([C@H]2[C@@H]3CN(C(=O)Cn4nc5ccccc5n4)C[C@@H]3CN2C)cc1.Cl. The Morgan fingerprint density at radius 2 is 1.70 bits per heavy atom. The van der Waals surface area contributed by atoms with Crippen LogP contribution in [0.15, 0.2) is 48.5 Å². The van der Waals surface area contributed by atoms with Crippen LogP contribution in [0, 0.1) is 11.8 Å². The molecule has 158 valence electrons. The van der Waals surface area contributed by atoms with Crippen LogP contribution in [0.2, 0.25) is 0 Å². The van der Waals surface area contributed by atoms with Crippen molar-refractivity contribution >= 4 is 29.3 Å². The zero-order chi connectivity index (χ0) is 20.0. The second-order valence-electron chi connectivity index (χ2n) is 8.10. The maximum Gasteiger partial charge on any atom is 0.246 e. The number of carbonyl (C=O) groups is 1. The lowest BCUT2D eigenvalue weighted by atomic mass is 9.89. The highest BCUT2D eigenvalue weighted by Crippen LogP contribution is 2.44. The molecule has 0 N–H and O–H groups in total. The first-order chi connectivity index (χ1) is 14.1. The number of methoxy groups -OCH3 is 1. The van der Waals surface area contributed by atoms with Gasteiger partial charge in [0.25, 0.3) is 0 Å². The average molecular weight is 428 g/mol. The molecule has 5 rings (SSSR count). The van der Waals surface area contributed by atoms with E-state index in [0.29, 0.717) is 17.9 Å². The summed E-state index contributed by atoms with van der Waals surface area (Å²) in [4.78, 5) is 18.9. The monoisotopic (exact) mass is 427 g/mol. The zero-order valence-corrected chi connectivity index (χ0v) is 18.0. The van der Waals surface area contributed by atoms with Crippen LogP contribution in [0.3, 0.4) is 0 Å². The number of halogens is 1. The van der Waals surface area contributed by atoms with Gasteiger partial charge in [-0.1, -0.05) is 24.3 Å². The van der Waals surface area contributed by atoms with E-state index in [0.717, 1.165) is 36.4 Å². The van der Waals surface area contributed by atoms with Crippen molar-refractivity contribution in [1.82, 2.24) is 24.8 Å². The van der Waals surface area contributed by atoms with Crippen molar-refractivity contribution in [2.24, 2.45) is 11.8 Å². The molecule has 2 aliphatic rings. The fourth-order valence-electron chi connectivity index (χ4n) is 4.96. The molecule has 0 bridgehead atoms. The second kappa shape index (κ2) is 8.24. The largest absolute Gasteiger partial charge is 0.497 e. The number of benzene rings is 2. The van der Waals surface area contributed by atoms with Crippen molar-refractivity contribution in [2.75, 3.05) is 33.8 Å². The molecule has 2 fully saturated rings. The first-order valence-corrected chi connectivity index (χ1v) is 10.0. The zero-order valence-electron chi connectivity index (χ0n) is 17.1. The smallest absolute Gasteiger partial charge is 0.246 e. The summed E-state index contributed by atoms with van der Waals surface area (Å²) in [7, 11) is 3.86. The Bertz CT molecular complexity index is 1000. The summed E-state index contributed by atoms with van der Waals surface area (Å²) in [5, 5.41) is 8.85. The molecular formula is C22H26ClN5O2. The molecule has 3 atom stereocenters. The molecule has 0 aliphatic carbocycles. The van der Waals surface area contributed by atoms with Crippen molar-refractivity contribution < 1.29 is 9.53 Å². The van der Waals surface area contributed by atoms with E-state index in [-0.39, 0.29) is 24.9 Å². The molecule has 2 saturated heterocycles. The number of ether oxygens (including phenoxy) is 1. The minimum absolute atomic E-state index is 0. The molecular weight excluding hydrogens is 402 g/mol. The third kappa shape index (κ3) is 3.63. The number of rotatable bonds is 4. The van der Waals surface area contributed by atoms with Gasteiger partial charge in [0.15, 0.2) is 0 Å².